The highest BCUT2D eigenvalue weighted by molar-refractivity contribution is 5.72. The van der Waals surface area contributed by atoms with Crippen molar-refractivity contribution in [2.24, 2.45) is 0 Å². The largest absolute Gasteiger partial charge is 0.238 e. The average molecular weight is 338 g/mol. The number of aromatic nitrogens is 2. The minimum absolute atomic E-state index is 1.04. The quantitative estimate of drug-likeness (QED) is 0.439. The van der Waals surface area contributed by atoms with Crippen LogP contribution in [0.4, 0.5) is 0 Å². The van der Waals surface area contributed by atoms with Crippen molar-refractivity contribution in [3.05, 3.63) is 95.8 Å². The highest BCUT2D eigenvalue weighted by Gasteiger charge is 2.09. The van der Waals surface area contributed by atoms with Gasteiger partial charge in [-0.25, -0.2) is 4.68 Å². The summed E-state index contributed by atoms with van der Waals surface area (Å²) >= 11 is 0. The molecule has 26 heavy (non-hydrogen) atoms. The van der Waals surface area contributed by atoms with Crippen molar-refractivity contribution in [2.75, 3.05) is 0 Å². The highest BCUT2D eigenvalue weighted by atomic mass is 15.3. The van der Waals surface area contributed by atoms with E-state index in [0.29, 0.717) is 0 Å². The van der Waals surface area contributed by atoms with Crippen LogP contribution >= 0.6 is 0 Å². The number of rotatable bonds is 3. The topological polar surface area (TPSA) is 17.8 Å². The molecule has 0 aliphatic heterocycles. The van der Waals surface area contributed by atoms with Crippen molar-refractivity contribution in [3.63, 3.8) is 0 Å². The van der Waals surface area contributed by atoms with Gasteiger partial charge in [0.1, 0.15) is 0 Å². The van der Waals surface area contributed by atoms with Crippen molar-refractivity contribution in [3.8, 4) is 27.9 Å². The molecule has 0 amide bonds. The molecule has 2 nitrogen and oxygen atoms in total. The Morgan fingerprint density at radius 3 is 1.81 bits per heavy atom. The van der Waals surface area contributed by atoms with E-state index in [0.717, 1.165) is 17.1 Å². The van der Waals surface area contributed by atoms with Gasteiger partial charge >= 0.3 is 0 Å². The normalized spacial score (nSPS) is 10.9. The molecule has 2 heteroatoms. The molecule has 1 aromatic heterocycles. The summed E-state index contributed by atoms with van der Waals surface area (Å²) in [5.74, 6) is 0. The van der Waals surface area contributed by atoms with Crippen LogP contribution in [0.5, 0.6) is 0 Å². The summed E-state index contributed by atoms with van der Waals surface area (Å²) in [4.78, 5) is 0. The molecule has 4 aromatic rings. The van der Waals surface area contributed by atoms with Crippen LogP contribution in [0.15, 0.2) is 78.9 Å². The molecule has 0 saturated heterocycles. The zero-order valence-corrected chi connectivity index (χ0v) is 15.4. The second kappa shape index (κ2) is 6.64. The molecule has 0 aliphatic carbocycles. The lowest BCUT2D eigenvalue weighted by molar-refractivity contribution is 0.828. The third-order valence-corrected chi connectivity index (χ3v) is 4.77. The first-order valence-corrected chi connectivity index (χ1v) is 8.92. The molecule has 0 N–H and O–H groups in total. The summed E-state index contributed by atoms with van der Waals surface area (Å²) in [6, 6.07) is 27.9. The van der Waals surface area contributed by atoms with Gasteiger partial charge in [0.05, 0.1) is 11.4 Å². The van der Waals surface area contributed by atoms with Gasteiger partial charge in [0, 0.05) is 5.69 Å². The van der Waals surface area contributed by atoms with Crippen LogP contribution in [-0.2, 0) is 0 Å². The number of hydrogen-bond donors (Lipinski definition) is 0. The van der Waals surface area contributed by atoms with E-state index in [1.54, 1.807) is 0 Å². The Morgan fingerprint density at radius 1 is 0.615 bits per heavy atom. The molecule has 0 atom stereocenters. The Hall–Kier alpha value is -3.13. The second-order valence-corrected chi connectivity index (χ2v) is 6.78. The molecular formula is C24H22N2. The van der Waals surface area contributed by atoms with Crippen LogP contribution < -0.4 is 0 Å². The predicted octanol–water partition coefficient (Wildman–Crippen LogP) is 6.13. The Bertz CT molecular complexity index is 1040. The maximum atomic E-state index is 4.65. The van der Waals surface area contributed by atoms with Gasteiger partial charge in [-0.05, 0) is 60.7 Å². The van der Waals surface area contributed by atoms with E-state index in [1.807, 2.05) is 17.7 Å². The van der Waals surface area contributed by atoms with Crippen molar-refractivity contribution in [1.29, 1.82) is 0 Å². The predicted molar refractivity (Wildman–Crippen MR) is 109 cm³/mol. The zero-order chi connectivity index (χ0) is 18.1. The molecule has 0 fully saturated rings. The summed E-state index contributed by atoms with van der Waals surface area (Å²) in [7, 11) is 0. The van der Waals surface area contributed by atoms with Gasteiger partial charge in [0.15, 0.2) is 0 Å². The Kier molecular flexibility index (Phi) is 4.18. The first-order chi connectivity index (χ1) is 12.6. The molecule has 0 saturated carbocycles. The standard InChI is InChI=1S/C24H22N2/c1-17-9-10-23(16-24(17)26-19(3)15-18(2)25-26)22-13-11-21(12-14-22)20-7-5-4-6-8-20/h4-16H,1-3H3. The molecule has 128 valence electrons. The Balaban J connectivity index is 1.72. The van der Waals surface area contributed by atoms with Crippen molar-refractivity contribution >= 4 is 0 Å². The first-order valence-electron chi connectivity index (χ1n) is 8.92. The lowest BCUT2D eigenvalue weighted by Crippen LogP contribution is -2.01. The smallest absolute Gasteiger partial charge is 0.0684 e. The number of hydrogen-bond acceptors (Lipinski definition) is 1. The van der Waals surface area contributed by atoms with Crippen molar-refractivity contribution in [1.82, 2.24) is 9.78 Å². The van der Waals surface area contributed by atoms with Crippen LogP contribution in [0, 0.1) is 20.8 Å². The Labute approximate surface area is 154 Å². The third-order valence-electron chi connectivity index (χ3n) is 4.77. The average Bonchev–Trinajstić information content (AvgIpc) is 3.01. The van der Waals surface area contributed by atoms with Gasteiger partial charge in [-0.2, -0.15) is 5.10 Å². The van der Waals surface area contributed by atoms with Gasteiger partial charge in [-0.15, -0.1) is 0 Å². The van der Waals surface area contributed by atoms with Gasteiger partial charge in [-0.3, -0.25) is 0 Å². The van der Waals surface area contributed by atoms with E-state index in [2.05, 4.69) is 91.7 Å². The monoisotopic (exact) mass is 338 g/mol. The molecule has 1 heterocycles. The fourth-order valence-corrected chi connectivity index (χ4v) is 3.38. The molecule has 3 aromatic carbocycles. The Morgan fingerprint density at radius 2 is 1.19 bits per heavy atom. The van der Waals surface area contributed by atoms with Gasteiger partial charge in [-0.1, -0.05) is 66.7 Å². The summed E-state index contributed by atoms with van der Waals surface area (Å²) < 4.78 is 2.03. The van der Waals surface area contributed by atoms with E-state index >= 15 is 0 Å². The van der Waals surface area contributed by atoms with Gasteiger partial charge < -0.3 is 0 Å². The first kappa shape index (κ1) is 16.3. The van der Waals surface area contributed by atoms with Crippen LogP contribution in [0.3, 0.4) is 0 Å². The molecule has 0 radical (unpaired) electrons. The van der Waals surface area contributed by atoms with E-state index in [-0.39, 0.29) is 0 Å². The van der Waals surface area contributed by atoms with Crippen LogP contribution in [0.2, 0.25) is 0 Å². The molecule has 0 spiro atoms. The minimum Gasteiger partial charge on any atom is -0.238 e. The zero-order valence-electron chi connectivity index (χ0n) is 15.4. The third kappa shape index (κ3) is 3.06. The molecule has 0 aliphatic rings. The fraction of sp³-hybridized carbons (Fsp3) is 0.125. The SMILES string of the molecule is Cc1cc(C)n(-c2cc(-c3ccc(-c4ccccc4)cc3)ccc2C)n1. The lowest BCUT2D eigenvalue weighted by atomic mass is 9.99. The number of benzene rings is 3. The maximum Gasteiger partial charge on any atom is 0.0684 e. The molecular weight excluding hydrogens is 316 g/mol. The summed E-state index contributed by atoms with van der Waals surface area (Å²) in [5, 5.41) is 4.65. The van der Waals surface area contributed by atoms with Crippen LogP contribution in [-0.4, -0.2) is 9.78 Å². The van der Waals surface area contributed by atoms with E-state index in [1.165, 1.54) is 27.8 Å². The molecule has 0 bridgehead atoms. The van der Waals surface area contributed by atoms with Crippen LogP contribution in [0.25, 0.3) is 27.9 Å². The van der Waals surface area contributed by atoms with Crippen LogP contribution in [0.1, 0.15) is 17.0 Å². The molecule has 4 rings (SSSR count). The highest BCUT2D eigenvalue weighted by Crippen LogP contribution is 2.28. The van der Waals surface area contributed by atoms with E-state index in [4.69, 9.17) is 0 Å². The molecule has 0 unspecified atom stereocenters. The number of nitrogens with zero attached hydrogens (tertiary/aromatic N) is 2. The van der Waals surface area contributed by atoms with Gasteiger partial charge in [0.2, 0.25) is 0 Å². The lowest BCUT2D eigenvalue weighted by Gasteiger charge is -2.11. The summed E-state index contributed by atoms with van der Waals surface area (Å²) in [6.07, 6.45) is 0. The summed E-state index contributed by atoms with van der Waals surface area (Å²) in [6.45, 7) is 6.26. The van der Waals surface area contributed by atoms with Crippen molar-refractivity contribution in [2.45, 2.75) is 20.8 Å². The minimum atomic E-state index is 1.04. The van der Waals surface area contributed by atoms with E-state index < -0.39 is 0 Å². The second-order valence-electron chi connectivity index (χ2n) is 6.78. The van der Waals surface area contributed by atoms with E-state index in [9.17, 15) is 0 Å². The summed E-state index contributed by atoms with van der Waals surface area (Å²) in [5.41, 5.74) is 9.46. The number of aryl methyl sites for hydroxylation is 3. The maximum absolute atomic E-state index is 4.65. The van der Waals surface area contributed by atoms with Gasteiger partial charge in [0.25, 0.3) is 0 Å². The van der Waals surface area contributed by atoms with Crippen molar-refractivity contribution < 1.29 is 0 Å². The fourth-order valence-electron chi connectivity index (χ4n) is 3.38.